The summed E-state index contributed by atoms with van der Waals surface area (Å²) in [6.07, 6.45) is 0. The second-order valence-corrected chi connectivity index (χ2v) is 4.95. The van der Waals surface area contributed by atoms with Gasteiger partial charge >= 0.3 is 5.95 Å². The molecular weight excluding hydrogens is 321 g/mol. The van der Waals surface area contributed by atoms with Crippen LogP contribution in [0.2, 0.25) is 10.0 Å². The maximum Gasteiger partial charge on any atom is 0.491 e. The number of halogens is 2. The van der Waals surface area contributed by atoms with Gasteiger partial charge in [0.25, 0.3) is 0 Å². The number of benzene rings is 1. The number of nitrogens with zero attached hydrogens (tertiary/aromatic N) is 4. The molecule has 2 rings (SSSR count). The maximum atomic E-state index is 11.9. The van der Waals surface area contributed by atoms with Gasteiger partial charge in [0.05, 0.1) is 0 Å². The highest BCUT2D eigenvalue weighted by molar-refractivity contribution is 6.35. The first kappa shape index (κ1) is 15.2. The van der Waals surface area contributed by atoms with Crippen molar-refractivity contribution in [1.82, 2.24) is 14.8 Å². The molecule has 8 nitrogen and oxygen atoms in total. The largest absolute Gasteiger partial charge is 0.491 e. The molecular formula is C11H9Cl2N5O3. The molecule has 0 saturated carbocycles. The Kier molecular flexibility index (Phi) is 4.39. The molecule has 1 heterocycles. The monoisotopic (exact) mass is 329 g/mol. The van der Waals surface area contributed by atoms with Gasteiger partial charge in [-0.25, -0.2) is 0 Å². The fourth-order valence-electron chi connectivity index (χ4n) is 1.59. The number of rotatable bonds is 4. The van der Waals surface area contributed by atoms with Crippen molar-refractivity contribution in [1.29, 1.82) is 0 Å². The minimum absolute atomic E-state index is 0.212. The fraction of sp³-hybridized carbons (Fsp3) is 0.182. The van der Waals surface area contributed by atoms with Gasteiger partial charge in [0, 0.05) is 27.8 Å². The Labute approximate surface area is 128 Å². The molecule has 0 aliphatic heterocycles. The summed E-state index contributed by atoms with van der Waals surface area (Å²) < 4.78 is 1.14. The molecule has 1 amide bonds. The molecule has 0 bridgehead atoms. The first-order valence-electron chi connectivity index (χ1n) is 5.67. The Morgan fingerprint density at radius 1 is 1.38 bits per heavy atom. The first-order chi connectivity index (χ1) is 9.85. The number of aromatic nitrogens is 3. The third-order valence-corrected chi connectivity index (χ3v) is 2.88. The molecule has 1 N–H and O–H groups in total. The summed E-state index contributed by atoms with van der Waals surface area (Å²) in [5.41, 5.74) is 0.421. The van der Waals surface area contributed by atoms with Crippen LogP contribution in [0, 0.1) is 17.0 Å². The van der Waals surface area contributed by atoms with E-state index in [9.17, 15) is 14.9 Å². The summed E-state index contributed by atoms with van der Waals surface area (Å²) in [4.78, 5) is 25.3. The molecule has 10 heteroatoms. The molecule has 2 aromatic rings. The minimum Gasteiger partial charge on any atom is -0.390 e. The van der Waals surface area contributed by atoms with Gasteiger partial charge < -0.3 is 15.4 Å². The summed E-state index contributed by atoms with van der Waals surface area (Å²) in [6.45, 7) is 1.31. The average molecular weight is 330 g/mol. The lowest BCUT2D eigenvalue weighted by molar-refractivity contribution is -0.394. The van der Waals surface area contributed by atoms with Crippen LogP contribution < -0.4 is 5.32 Å². The van der Waals surface area contributed by atoms with E-state index >= 15 is 0 Å². The van der Waals surface area contributed by atoms with Gasteiger partial charge in [-0.15, -0.1) is 0 Å². The molecule has 0 unspecified atom stereocenters. The number of hydrogen-bond acceptors (Lipinski definition) is 5. The average Bonchev–Trinajstić information content (AvgIpc) is 2.69. The van der Waals surface area contributed by atoms with E-state index in [-0.39, 0.29) is 12.4 Å². The standard InChI is InChI=1S/C11H9Cl2N5O3/c1-6-14-11(18(20)21)16-17(6)5-10(19)15-9-3-7(12)2-8(13)4-9/h2-4H,5H2,1H3,(H,15,19). The van der Waals surface area contributed by atoms with Crippen molar-refractivity contribution in [2.24, 2.45) is 0 Å². The zero-order valence-corrected chi connectivity index (χ0v) is 12.2. The van der Waals surface area contributed by atoms with Crippen molar-refractivity contribution in [2.75, 3.05) is 5.32 Å². The van der Waals surface area contributed by atoms with Crippen LogP contribution in [0.25, 0.3) is 0 Å². The first-order valence-corrected chi connectivity index (χ1v) is 6.42. The SMILES string of the molecule is Cc1nc([N+](=O)[O-])nn1CC(=O)Nc1cc(Cl)cc(Cl)c1. The normalized spacial score (nSPS) is 10.4. The number of hydrogen-bond donors (Lipinski definition) is 1. The van der Waals surface area contributed by atoms with Gasteiger partial charge in [0.1, 0.15) is 6.54 Å². The molecule has 21 heavy (non-hydrogen) atoms. The summed E-state index contributed by atoms with van der Waals surface area (Å²) >= 11 is 11.6. The third kappa shape index (κ3) is 3.89. The van der Waals surface area contributed by atoms with E-state index in [0.717, 1.165) is 4.68 Å². The highest BCUT2D eigenvalue weighted by Gasteiger charge is 2.20. The van der Waals surface area contributed by atoms with E-state index in [4.69, 9.17) is 23.2 Å². The summed E-state index contributed by atoms with van der Waals surface area (Å²) in [5.74, 6) is -0.719. The lowest BCUT2D eigenvalue weighted by Gasteiger charge is -2.05. The number of anilines is 1. The molecule has 0 radical (unpaired) electrons. The zero-order chi connectivity index (χ0) is 15.6. The Balaban J connectivity index is 2.09. The molecule has 1 aromatic heterocycles. The minimum atomic E-state index is -0.724. The van der Waals surface area contributed by atoms with E-state index in [1.165, 1.54) is 25.1 Å². The van der Waals surface area contributed by atoms with E-state index in [2.05, 4.69) is 15.4 Å². The lowest BCUT2D eigenvalue weighted by atomic mass is 10.3. The predicted molar refractivity (Wildman–Crippen MR) is 76.5 cm³/mol. The quantitative estimate of drug-likeness (QED) is 0.685. The van der Waals surface area contributed by atoms with Crippen molar-refractivity contribution in [3.05, 3.63) is 44.2 Å². The number of carbonyl (C=O) groups excluding carboxylic acids is 1. The van der Waals surface area contributed by atoms with Gasteiger partial charge in [-0.1, -0.05) is 23.2 Å². The van der Waals surface area contributed by atoms with E-state index < -0.39 is 16.8 Å². The van der Waals surface area contributed by atoms with Gasteiger partial charge in [0.2, 0.25) is 11.7 Å². The molecule has 0 atom stereocenters. The summed E-state index contributed by atoms with van der Waals surface area (Å²) in [7, 11) is 0. The van der Waals surface area contributed by atoms with Crippen molar-refractivity contribution < 1.29 is 9.72 Å². The Bertz CT molecular complexity index is 696. The molecule has 110 valence electrons. The highest BCUT2D eigenvalue weighted by atomic mass is 35.5. The van der Waals surface area contributed by atoms with Gasteiger partial charge in [-0.2, -0.15) is 4.68 Å². The second-order valence-electron chi connectivity index (χ2n) is 4.08. The Morgan fingerprint density at radius 3 is 2.52 bits per heavy atom. The Hall–Kier alpha value is -2.19. The number of nitrogens with one attached hydrogen (secondary N) is 1. The van der Waals surface area contributed by atoms with Crippen LogP contribution in [0.15, 0.2) is 18.2 Å². The summed E-state index contributed by atoms with van der Waals surface area (Å²) in [5, 5.41) is 17.5. The van der Waals surface area contributed by atoms with Gasteiger partial charge in [-0.3, -0.25) is 4.79 Å². The zero-order valence-electron chi connectivity index (χ0n) is 10.7. The molecule has 1 aromatic carbocycles. The maximum absolute atomic E-state index is 11.9. The number of carbonyl (C=O) groups is 1. The van der Waals surface area contributed by atoms with Crippen molar-refractivity contribution in [3.63, 3.8) is 0 Å². The Morgan fingerprint density at radius 2 is 2.00 bits per heavy atom. The van der Waals surface area contributed by atoms with Crippen LogP contribution in [0.4, 0.5) is 11.6 Å². The number of nitro groups is 1. The molecule has 0 aliphatic rings. The summed E-state index contributed by atoms with van der Waals surface area (Å²) in [6, 6.07) is 4.59. The van der Waals surface area contributed by atoms with Crippen LogP contribution in [-0.2, 0) is 11.3 Å². The van der Waals surface area contributed by atoms with Crippen molar-refractivity contribution in [3.8, 4) is 0 Å². The lowest BCUT2D eigenvalue weighted by Crippen LogP contribution is -2.20. The van der Waals surface area contributed by atoms with Crippen molar-refractivity contribution in [2.45, 2.75) is 13.5 Å². The molecule has 0 saturated heterocycles. The van der Waals surface area contributed by atoms with Crippen molar-refractivity contribution >= 4 is 40.7 Å². The smallest absolute Gasteiger partial charge is 0.390 e. The molecule has 0 fully saturated rings. The third-order valence-electron chi connectivity index (χ3n) is 2.45. The highest BCUT2D eigenvalue weighted by Crippen LogP contribution is 2.22. The topological polar surface area (TPSA) is 103 Å². The second kappa shape index (κ2) is 6.06. The van der Waals surface area contributed by atoms with Crippen LogP contribution in [0.3, 0.4) is 0 Å². The van der Waals surface area contributed by atoms with Crippen LogP contribution in [-0.4, -0.2) is 25.6 Å². The van der Waals surface area contributed by atoms with E-state index in [1.54, 1.807) is 0 Å². The fourth-order valence-corrected chi connectivity index (χ4v) is 2.12. The number of amides is 1. The van der Waals surface area contributed by atoms with Gasteiger partial charge in [0.15, 0.2) is 0 Å². The van der Waals surface area contributed by atoms with Crippen LogP contribution in [0.5, 0.6) is 0 Å². The predicted octanol–water partition coefficient (Wildman–Crippen LogP) is 2.44. The van der Waals surface area contributed by atoms with Crippen LogP contribution >= 0.6 is 23.2 Å². The molecule has 0 aliphatic carbocycles. The van der Waals surface area contributed by atoms with Gasteiger partial charge in [-0.05, 0) is 28.1 Å². The molecule has 0 spiro atoms. The van der Waals surface area contributed by atoms with E-state index in [1.807, 2.05) is 0 Å². The number of aryl methyl sites for hydroxylation is 1. The van der Waals surface area contributed by atoms with E-state index in [0.29, 0.717) is 15.7 Å². The van der Waals surface area contributed by atoms with Crippen LogP contribution in [0.1, 0.15) is 5.82 Å².